The number of rotatable bonds is 6. The van der Waals surface area contributed by atoms with Crippen LogP contribution in [0.25, 0.3) is 16.2 Å². The summed E-state index contributed by atoms with van der Waals surface area (Å²) in [4.78, 5) is 51.5. The summed E-state index contributed by atoms with van der Waals surface area (Å²) in [6, 6.07) is 1.92. The van der Waals surface area contributed by atoms with Crippen molar-refractivity contribution in [2.75, 3.05) is 38.6 Å². The summed E-state index contributed by atoms with van der Waals surface area (Å²) in [6.07, 6.45) is 8.17. The van der Waals surface area contributed by atoms with E-state index in [1.165, 1.54) is 18.4 Å². The fourth-order valence-electron chi connectivity index (χ4n) is 5.23. The first-order valence-electron chi connectivity index (χ1n) is 13.5. The van der Waals surface area contributed by atoms with Crippen molar-refractivity contribution in [1.29, 1.82) is 0 Å². The molecule has 206 valence electrons. The van der Waals surface area contributed by atoms with Crippen LogP contribution in [0.4, 0.5) is 10.6 Å². The van der Waals surface area contributed by atoms with E-state index in [1.54, 1.807) is 21.7 Å². The number of ether oxygens (including phenoxy) is 1. The van der Waals surface area contributed by atoms with Crippen LogP contribution in [0.5, 0.6) is 0 Å². The molecule has 3 fully saturated rings. The number of thiazole rings is 1. The van der Waals surface area contributed by atoms with Gasteiger partial charge in [0.05, 0.1) is 18.9 Å². The molecule has 0 spiro atoms. The zero-order valence-electron chi connectivity index (χ0n) is 21.8. The Hall–Kier alpha value is -3.74. The van der Waals surface area contributed by atoms with Crippen LogP contribution in [-0.2, 0) is 9.53 Å². The fraction of sp³-hybridized carbons (Fsp3) is 0.538. The number of piperidine rings is 2. The predicted octanol–water partition coefficient (Wildman–Crippen LogP) is 2.63. The molecule has 12 nitrogen and oxygen atoms in total. The predicted molar refractivity (Wildman–Crippen MR) is 145 cm³/mol. The quantitative estimate of drug-likeness (QED) is 0.477. The molecule has 0 atom stereocenters. The number of fused-ring (bicyclic) bond motifs is 1. The Labute approximate surface area is 229 Å². The number of carbonyl (C=O) groups is 3. The van der Waals surface area contributed by atoms with Gasteiger partial charge in [0.1, 0.15) is 16.3 Å². The first kappa shape index (κ1) is 25.5. The van der Waals surface area contributed by atoms with Crippen molar-refractivity contribution < 1.29 is 19.1 Å². The molecule has 3 aromatic heterocycles. The maximum atomic E-state index is 13.6. The maximum absolute atomic E-state index is 13.6. The van der Waals surface area contributed by atoms with Gasteiger partial charge in [0.25, 0.3) is 5.91 Å². The molecular formula is C26H32N8O4S. The Morgan fingerprint density at radius 2 is 1.69 bits per heavy atom. The van der Waals surface area contributed by atoms with Crippen molar-refractivity contribution >= 4 is 39.9 Å². The monoisotopic (exact) mass is 552 g/mol. The van der Waals surface area contributed by atoms with Crippen LogP contribution in [0, 0.1) is 5.92 Å². The lowest BCUT2D eigenvalue weighted by molar-refractivity contribution is -0.123. The minimum Gasteiger partial charge on any atom is -0.453 e. The molecule has 0 unspecified atom stereocenters. The molecule has 1 saturated carbocycles. The number of amides is 3. The molecule has 5 heterocycles. The first-order chi connectivity index (χ1) is 19.0. The topological polar surface area (TPSA) is 134 Å². The van der Waals surface area contributed by atoms with E-state index >= 15 is 0 Å². The average molecular weight is 553 g/mol. The Morgan fingerprint density at radius 1 is 0.974 bits per heavy atom. The van der Waals surface area contributed by atoms with Crippen LogP contribution < -0.4 is 10.6 Å². The van der Waals surface area contributed by atoms with Crippen LogP contribution in [0.2, 0.25) is 0 Å². The molecule has 1 aliphatic carbocycles. The second-order valence-corrected chi connectivity index (χ2v) is 11.3. The number of anilines is 1. The third-order valence-electron chi connectivity index (χ3n) is 7.67. The molecule has 3 amide bonds. The fourth-order valence-corrected chi connectivity index (χ4v) is 6.02. The van der Waals surface area contributed by atoms with Gasteiger partial charge in [0, 0.05) is 61.8 Å². The zero-order valence-corrected chi connectivity index (χ0v) is 22.7. The van der Waals surface area contributed by atoms with E-state index in [9.17, 15) is 14.4 Å². The second kappa shape index (κ2) is 10.8. The lowest BCUT2D eigenvalue weighted by Crippen LogP contribution is -2.47. The summed E-state index contributed by atoms with van der Waals surface area (Å²) < 4.78 is 6.62. The average Bonchev–Trinajstić information content (AvgIpc) is 3.59. The Morgan fingerprint density at radius 3 is 2.41 bits per heavy atom. The number of hydrogen-bond donors (Lipinski definition) is 2. The van der Waals surface area contributed by atoms with Gasteiger partial charge in [-0.3, -0.25) is 9.59 Å². The summed E-state index contributed by atoms with van der Waals surface area (Å²) in [5, 5.41) is 13.0. The van der Waals surface area contributed by atoms with Gasteiger partial charge in [0.2, 0.25) is 5.91 Å². The molecule has 2 aliphatic heterocycles. The molecule has 6 rings (SSSR count). The standard InChI is InChI=1S/C26H32N8O4S/c1-38-26(37)33-10-6-17(7-11-33)28-21-14-20(30-22(31-21)19-15-27-34-12-13-39-25(19)34)24(36)32-8-4-18(5-9-32)29-23(35)16-2-3-16/h12-18H,2-11H2,1H3,(H,29,35)(H,28,30,31). The van der Waals surface area contributed by atoms with E-state index in [0.29, 0.717) is 43.5 Å². The number of hydrogen-bond acceptors (Lipinski definition) is 9. The highest BCUT2D eigenvalue weighted by molar-refractivity contribution is 7.16. The molecule has 39 heavy (non-hydrogen) atoms. The molecule has 3 aliphatic rings. The highest BCUT2D eigenvalue weighted by Crippen LogP contribution is 2.30. The van der Waals surface area contributed by atoms with Gasteiger partial charge < -0.3 is 25.2 Å². The highest BCUT2D eigenvalue weighted by Gasteiger charge is 2.33. The molecule has 0 bridgehead atoms. The van der Waals surface area contributed by atoms with Crippen LogP contribution >= 0.6 is 11.3 Å². The van der Waals surface area contributed by atoms with E-state index < -0.39 is 0 Å². The van der Waals surface area contributed by atoms with Gasteiger partial charge in [-0.2, -0.15) is 5.10 Å². The summed E-state index contributed by atoms with van der Waals surface area (Å²) in [7, 11) is 1.39. The molecular weight excluding hydrogens is 520 g/mol. The third kappa shape index (κ3) is 5.54. The van der Waals surface area contributed by atoms with Crippen LogP contribution in [0.1, 0.15) is 49.0 Å². The normalized spacial score (nSPS) is 18.8. The third-order valence-corrected chi connectivity index (χ3v) is 8.56. The first-order valence-corrected chi connectivity index (χ1v) is 14.4. The van der Waals surface area contributed by atoms with Crippen molar-refractivity contribution in [3.05, 3.63) is 29.5 Å². The van der Waals surface area contributed by atoms with Crippen molar-refractivity contribution in [2.45, 2.75) is 50.6 Å². The minimum atomic E-state index is -0.317. The minimum absolute atomic E-state index is 0.0938. The van der Waals surface area contributed by atoms with Gasteiger partial charge in [-0.05, 0) is 38.5 Å². The van der Waals surface area contributed by atoms with Crippen molar-refractivity contribution in [3.8, 4) is 11.4 Å². The lowest BCUT2D eigenvalue weighted by Gasteiger charge is -2.33. The summed E-state index contributed by atoms with van der Waals surface area (Å²) >= 11 is 1.54. The van der Waals surface area contributed by atoms with Gasteiger partial charge in [-0.25, -0.2) is 19.3 Å². The van der Waals surface area contributed by atoms with Crippen molar-refractivity contribution in [3.63, 3.8) is 0 Å². The molecule has 0 radical (unpaired) electrons. The maximum Gasteiger partial charge on any atom is 0.409 e. The lowest BCUT2D eigenvalue weighted by atomic mass is 10.0. The van der Waals surface area contributed by atoms with Gasteiger partial charge in [-0.1, -0.05) is 0 Å². The SMILES string of the molecule is COC(=O)N1CCC(Nc2cc(C(=O)N3CCC(NC(=O)C4CC4)CC3)nc(-c3cnn4ccsc34)n2)CC1. The van der Waals surface area contributed by atoms with Crippen molar-refractivity contribution in [1.82, 2.24) is 34.7 Å². The van der Waals surface area contributed by atoms with Crippen LogP contribution in [0.3, 0.4) is 0 Å². The largest absolute Gasteiger partial charge is 0.453 e. The number of likely N-dealkylation sites (tertiary alicyclic amines) is 2. The summed E-state index contributed by atoms with van der Waals surface area (Å²) in [5.41, 5.74) is 1.09. The zero-order chi connectivity index (χ0) is 26.9. The van der Waals surface area contributed by atoms with Crippen molar-refractivity contribution in [2.24, 2.45) is 5.92 Å². The molecule has 3 aromatic rings. The summed E-state index contributed by atoms with van der Waals surface area (Å²) in [6.45, 7) is 2.29. The van der Waals surface area contributed by atoms with E-state index in [1.807, 2.05) is 16.5 Å². The van der Waals surface area contributed by atoms with E-state index in [0.717, 1.165) is 48.9 Å². The van der Waals surface area contributed by atoms with Gasteiger partial charge >= 0.3 is 6.09 Å². The number of nitrogens with one attached hydrogen (secondary N) is 2. The Kier molecular flexibility index (Phi) is 7.07. The van der Waals surface area contributed by atoms with Crippen LogP contribution in [-0.4, -0.2) is 92.7 Å². The molecule has 13 heteroatoms. The van der Waals surface area contributed by atoms with E-state index in [-0.39, 0.29) is 35.9 Å². The van der Waals surface area contributed by atoms with Gasteiger partial charge in [0.15, 0.2) is 5.82 Å². The van der Waals surface area contributed by atoms with Crippen LogP contribution in [0.15, 0.2) is 23.8 Å². The molecule has 2 saturated heterocycles. The second-order valence-electron chi connectivity index (χ2n) is 10.4. The number of aromatic nitrogens is 4. The summed E-state index contributed by atoms with van der Waals surface area (Å²) in [5.74, 6) is 1.20. The number of nitrogens with zero attached hydrogens (tertiary/aromatic N) is 6. The molecule has 0 aromatic carbocycles. The number of methoxy groups -OCH3 is 1. The van der Waals surface area contributed by atoms with Gasteiger partial charge in [-0.15, -0.1) is 11.3 Å². The van der Waals surface area contributed by atoms with E-state index in [2.05, 4.69) is 15.7 Å². The highest BCUT2D eigenvalue weighted by atomic mass is 32.1. The van der Waals surface area contributed by atoms with E-state index in [4.69, 9.17) is 14.7 Å². The number of carbonyl (C=O) groups excluding carboxylic acids is 3. The molecule has 2 N–H and O–H groups in total. The Balaban J connectivity index is 1.19. The smallest absolute Gasteiger partial charge is 0.409 e. The Bertz CT molecular complexity index is 1370.